The minimum absolute atomic E-state index is 0.778. The van der Waals surface area contributed by atoms with Crippen molar-refractivity contribution in [1.29, 1.82) is 0 Å². The zero-order valence-corrected chi connectivity index (χ0v) is 4.89. The molecule has 0 aliphatic heterocycles. The van der Waals surface area contributed by atoms with Crippen molar-refractivity contribution in [3.05, 3.63) is 18.6 Å². The summed E-state index contributed by atoms with van der Waals surface area (Å²) in [7, 11) is 0. The van der Waals surface area contributed by atoms with Crippen molar-refractivity contribution in [3.8, 4) is 0 Å². The van der Waals surface area contributed by atoms with Crippen molar-refractivity contribution < 1.29 is 0 Å². The molecule has 0 N–H and O–H groups in total. The summed E-state index contributed by atoms with van der Waals surface area (Å²) in [6.45, 7) is 4.48. The van der Waals surface area contributed by atoms with Gasteiger partial charge in [0.1, 0.15) is 0 Å². The van der Waals surface area contributed by atoms with Crippen molar-refractivity contribution in [3.63, 3.8) is 0 Å². The second-order valence-corrected chi connectivity index (χ2v) is 2.30. The molecule has 1 rings (SSSR count). The highest BCUT2D eigenvalue weighted by molar-refractivity contribution is 5.09. The Morgan fingerprint density at radius 2 is 1.86 bits per heavy atom. The van der Waals surface area contributed by atoms with E-state index < -0.39 is 0 Å². The molecule has 0 fully saturated rings. The van der Waals surface area contributed by atoms with Crippen LogP contribution in [0.1, 0.15) is 13.8 Å². The highest BCUT2D eigenvalue weighted by atomic mass is 14.2. The third kappa shape index (κ3) is 0.846. The van der Waals surface area contributed by atoms with Gasteiger partial charge in [0.25, 0.3) is 0 Å². The fraction of sp³-hybridized carbons (Fsp3) is 0.571. The summed E-state index contributed by atoms with van der Waals surface area (Å²) in [6.07, 6.45) is 6.63. The van der Waals surface area contributed by atoms with E-state index in [4.69, 9.17) is 0 Å². The van der Waals surface area contributed by atoms with Gasteiger partial charge < -0.3 is 0 Å². The van der Waals surface area contributed by atoms with E-state index in [-0.39, 0.29) is 0 Å². The highest BCUT2D eigenvalue weighted by Crippen LogP contribution is 2.21. The Hall–Kier alpha value is -0.260. The Labute approximate surface area is 45.2 Å². The lowest BCUT2D eigenvalue weighted by Crippen LogP contribution is -1.96. The van der Waals surface area contributed by atoms with Gasteiger partial charge in [0.15, 0.2) is 0 Å². The van der Waals surface area contributed by atoms with Crippen LogP contribution in [0.5, 0.6) is 0 Å². The molecule has 1 aliphatic rings. The molecule has 1 radical (unpaired) electrons. The van der Waals surface area contributed by atoms with E-state index in [9.17, 15) is 0 Å². The first-order valence-corrected chi connectivity index (χ1v) is 2.82. The molecular weight excluding hydrogens is 84.1 g/mol. The van der Waals surface area contributed by atoms with Gasteiger partial charge in [-0.25, -0.2) is 0 Å². The molecule has 0 aromatic rings. The molecule has 7 heavy (non-hydrogen) atoms. The smallest absolute Gasteiger partial charge is 0.0136 e. The Balaban J connectivity index is 2.45. The average Bonchev–Trinajstić information content (AvgIpc) is 1.91. The predicted molar refractivity (Wildman–Crippen MR) is 31.8 cm³/mol. The highest BCUT2D eigenvalue weighted by Gasteiger charge is 2.11. The van der Waals surface area contributed by atoms with Crippen molar-refractivity contribution in [1.82, 2.24) is 0 Å². The molecule has 0 aromatic heterocycles. The third-order valence-electron chi connectivity index (χ3n) is 1.66. The van der Waals surface area contributed by atoms with Crippen LogP contribution >= 0.6 is 0 Å². The van der Waals surface area contributed by atoms with Crippen LogP contribution in [-0.2, 0) is 0 Å². The maximum absolute atomic E-state index is 2.24. The van der Waals surface area contributed by atoms with Crippen LogP contribution < -0.4 is 0 Å². The molecule has 0 amide bonds. The van der Waals surface area contributed by atoms with Crippen LogP contribution in [0, 0.1) is 18.3 Å². The molecule has 2 atom stereocenters. The zero-order valence-electron chi connectivity index (χ0n) is 4.89. The molecule has 39 valence electrons. The SMILES string of the molecule is CC1[CH]C=CC1C. The average molecular weight is 95.2 g/mol. The lowest BCUT2D eigenvalue weighted by atomic mass is 10.0. The molecule has 0 saturated carbocycles. The lowest BCUT2D eigenvalue weighted by molar-refractivity contribution is 0.560. The minimum atomic E-state index is 0.778. The molecule has 0 heterocycles. The van der Waals surface area contributed by atoms with Crippen molar-refractivity contribution in [2.24, 2.45) is 11.8 Å². The summed E-state index contributed by atoms with van der Waals surface area (Å²) in [5.74, 6) is 1.56. The first kappa shape index (κ1) is 4.89. The minimum Gasteiger partial charge on any atom is -0.0851 e. The van der Waals surface area contributed by atoms with E-state index in [1.807, 2.05) is 0 Å². The normalized spacial score (nSPS) is 39.7. The Bertz CT molecular complexity index is 82.0. The van der Waals surface area contributed by atoms with E-state index in [1.54, 1.807) is 0 Å². The van der Waals surface area contributed by atoms with Gasteiger partial charge in [-0.3, -0.25) is 0 Å². The Morgan fingerprint density at radius 3 is 2.00 bits per heavy atom. The number of hydrogen-bond donors (Lipinski definition) is 0. The van der Waals surface area contributed by atoms with E-state index in [1.165, 1.54) is 0 Å². The second kappa shape index (κ2) is 1.69. The van der Waals surface area contributed by atoms with Crippen LogP contribution in [0.15, 0.2) is 12.2 Å². The molecule has 0 aromatic carbocycles. The molecule has 0 heteroatoms. The fourth-order valence-electron chi connectivity index (χ4n) is 0.765. The predicted octanol–water partition coefficient (Wildman–Crippen LogP) is 2.03. The number of rotatable bonds is 0. The third-order valence-corrected chi connectivity index (χ3v) is 1.66. The molecule has 0 spiro atoms. The standard InChI is InChI=1S/C7H11/c1-6-4-3-5-7(6)2/h3-7H,1-2H3. The molecule has 2 unspecified atom stereocenters. The van der Waals surface area contributed by atoms with Crippen LogP contribution in [0.2, 0.25) is 0 Å². The van der Waals surface area contributed by atoms with Gasteiger partial charge in [-0.05, 0) is 18.3 Å². The number of hydrogen-bond acceptors (Lipinski definition) is 0. The molecule has 0 saturated heterocycles. The molecule has 0 bridgehead atoms. The summed E-state index contributed by atoms with van der Waals surface area (Å²) in [4.78, 5) is 0. The molecular formula is C7H11. The van der Waals surface area contributed by atoms with Gasteiger partial charge in [-0.1, -0.05) is 26.0 Å². The van der Waals surface area contributed by atoms with Crippen molar-refractivity contribution in [2.75, 3.05) is 0 Å². The van der Waals surface area contributed by atoms with E-state index >= 15 is 0 Å². The Morgan fingerprint density at radius 1 is 1.14 bits per heavy atom. The summed E-state index contributed by atoms with van der Waals surface area (Å²) in [5, 5.41) is 0. The van der Waals surface area contributed by atoms with Gasteiger partial charge in [-0.15, -0.1) is 0 Å². The lowest BCUT2D eigenvalue weighted by Gasteiger charge is -2.04. The van der Waals surface area contributed by atoms with Gasteiger partial charge in [0.2, 0.25) is 0 Å². The monoisotopic (exact) mass is 95.1 g/mol. The topological polar surface area (TPSA) is 0 Å². The Kier molecular flexibility index (Phi) is 1.18. The first-order chi connectivity index (χ1) is 3.30. The summed E-state index contributed by atoms with van der Waals surface area (Å²) in [6, 6.07) is 0. The maximum atomic E-state index is 2.24. The zero-order chi connectivity index (χ0) is 5.28. The summed E-state index contributed by atoms with van der Waals surface area (Å²) < 4.78 is 0. The molecule has 1 aliphatic carbocycles. The maximum Gasteiger partial charge on any atom is -0.0136 e. The van der Waals surface area contributed by atoms with Gasteiger partial charge in [0.05, 0.1) is 0 Å². The first-order valence-electron chi connectivity index (χ1n) is 2.82. The van der Waals surface area contributed by atoms with Crippen LogP contribution in [0.3, 0.4) is 0 Å². The van der Waals surface area contributed by atoms with E-state index in [0.29, 0.717) is 0 Å². The van der Waals surface area contributed by atoms with Crippen LogP contribution in [0.25, 0.3) is 0 Å². The van der Waals surface area contributed by atoms with Gasteiger partial charge in [0, 0.05) is 0 Å². The molecule has 0 nitrogen and oxygen atoms in total. The van der Waals surface area contributed by atoms with Gasteiger partial charge >= 0.3 is 0 Å². The summed E-state index contributed by atoms with van der Waals surface area (Å²) in [5.41, 5.74) is 0. The van der Waals surface area contributed by atoms with Crippen molar-refractivity contribution >= 4 is 0 Å². The van der Waals surface area contributed by atoms with Crippen molar-refractivity contribution in [2.45, 2.75) is 13.8 Å². The fourth-order valence-corrected chi connectivity index (χ4v) is 0.765. The number of allylic oxidation sites excluding steroid dienone is 2. The van der Waals surface area contributed by atoms with Gasteiger partial charge in [-0.2, -0.15) is 0 Å². The van der Waals surface area contributed by atoms with Crippen LogP contribution in [0.4, 0.5) is 0 Å². The largest absolute Gasteiger partial charge is 0.0851 e. The second-order valence-electron chi connectivity index (χ2n) is 2.30. The quantitative estimate of drug-likeness (QED) is 0.432. The van der Waals surface area contributed by atoms with E-state index in [0.717, 1.165) is 11.8 Å². The van der Waals surface area contributed by atoms with E-state index in [2.05, 4.69) is 32.4 Å². The summed E-state index contributed by atoms with van der Waals surface area (Å²) >= 11 is 0. The van der Waals surface area contributed by atoms with Crippen LogP contribution in [-0.4, -0.2) is 0 Å².